The Balaban J connectivity index is 1.24. The second-order valence-corrected chi connectivity index (χ2v) is 11.3. The molecule has 3 aromatic rings. The number of fused-ring (bicyclic) bond motifs is 1. The maximum atomic E-state index is 13.9. The lowest BCUT2D eigenvalue weighted by atomic mass is 9.88. The van der Waals surface area contributed by atoms with Crippen LogP contribution >= 0.6 is 0 Å². The molecular weight excluding hydrogens is 504 g/mol. The first-order valence-corrected chi connectivity index (χ1v) is 14.6. The van der Waals surface area contributed by atoms with Crippen LogP contribution in [0.25, 0.3) is 10.9 Å². The molecule has 1 aromatic heterocycles. The first-order valence-electron chi connectivity index (χ1n) is 14.6. The highest BCUT2D eigenvalue weighted by Crippen LogP contribution is 2.33. The zero-order valence-corrected chi connectivity index (χ0v) is 23.4. The van der Waals surface area contributed by atoms with Gasteiger partial charge in [0.15, 0.2) is 0 Å². The minimum absolute atomic E-state index is 0.0999. The van der Waals surface area contributed by atoms with Crippen molar-refractivity contribution in [1.82, 2.24) is 20.1 Å². The van der Waals surface area contributed by atoms with Crippen LogP contribution in [0.2, 0.25) is 0 Å². The summed E-state index contributed by atoms with van der Waals surface area (Å²) in [6.45, 7) is 3.16. The molecule has 2 aromatic carbocycles. The van der Waals surface area contributed by atoms with Crippen LogP contribution in [0, 0.1) is 11.8 Å². The topological polar surface area (TPSA) is 95.8 Å². The summed E-state index contributed by atoms with van der Waals surface area (Å²) in [5, 5.41) is 17.4. The van der Waals surface area contributed by atoms with Gasteiger partial charge < -0.3 is 29.9 Å². The van der Waals surface area contributed by atoms with Gasteiger partial charge in [-0.2, -0.15) is 0 Å². The Hall–Kier alpha value is -3.20. The molecule has 1 saturated heterocycles. The number of aromatic nitrogens is 1. The third-order valence-corrected chi connectivity index (χ3v) is 8.19. The molecule has 214 valence electrons. The Morgan fingerprint density at radius 3 is 2.60 bits per heavy atom. The predicted molar refractivity (Wildman–Crippen MR) is 156 cm³/mol. The predicted octanol–water partition coefficient (Wildman–Crippen LogP) is 3.11. The number of aliphatic hydroxyl groups excluding tert-OH is 1. The summed E-state index contributed by atoms with van der Waals surface area (Å²) in [5.74, 6) is -0.526. The molecule has 0 spiro atoms. The van der Waals surface area contributed by atoms with E-state index >= 15 is 0 Å². The molecule has 2 fully saturated rings. The lowest BCUT2D eigenvalue weighted by Crippen LogP contribution is -2.51. The number of methoxy groups -OCH3 is 1. The van der Waals surface area contributed by atoms with E-state index in [0.717, 1.165) is 36.9 Å². The van der Waals surface area contributed by atoms with Crippen molar-refractivity contribution in [2.45, 2.75) is 57.3 Å². The summed E-state index contributed by atoms with van der Waals surface area (Å²) in [7, 11) is 1.72. The minimum atomic E-state index is -0.352. The van der Waals surface area contributed by atoms with E-state index in [4.69, 9.17) is 4.74 Å². The number of rotatable bonds is 13. The average Bonchev–Trinajstić information content (AvgIpc) is 3.78. The monoisotopic (exact) mass is 546 g/mol. The first kappa shape index (κ1) is 28.3. The van der Waals surface area contributed by atoms with E-state index in [2.05, 4.69) is 50.6 Å². The van der Waals surface area contributed by atoms with Gasteiger partial charge in [-0.1, -0.05) is 48.5 Å². The van der Waals surface area contributed by atoms with Gasteiger partial charge in [0.05, 0.1) is 24.5 Å². The number of aliphatic hydroxyl groups is 1. The number of piperidine rings is 1. The number of para-hydroxylation sites is 1. The molecule has 1 unspecified atom stereocenters. The van der Waals surface area contributed by atoms with Gasteiger partial charge in [-0.15, -0.1) is 0 Å². The van der Waals surface area contributed by atoms with Crippen LogP contribution in [-0.4, -0.2) is 71.9 Å². The summed E-state index contributed by atoms with van der Waals surface area (Å²) >= 11 is 0. The Morgan fingerprint density at radius 1 is 1.10 bits per heavy atom. The van der Waals surface area contributed by atoms with E-state index in [1.165, 1.54) is 10.9 Å². The largest absolute Gasteiger partial charge is 0.394 e. The Morgan fingerprint density at radius 2 is 1.85 bits per heavy atom. The Bertz CT molecular complexity index is 1270. The third kappa shape index (κ3) is 6.92. The molecule has 0 radical (unpaired) electrons. The summed E-state index contributed by atoms with van der Waals surface area (Å²) in [4.78, 5) is 29.2. The Kier molecular flexibility index (Phi) is 9.52. The highest BCUT2D eigenvalue weighted by molar-refractivity contribution is 5.86. The third-order valence-electron chi connectivity index (χ3n) is 8.19. The van der Waals surface area contributed by atoms with E-state index in [-0.39, 0.29) is 42.3 Å². The smallest absolute Gasteiger partial charge is 0.227 e. The van der Waals surface area contributed by atoms with Crippen molar-refractivity contribution in [3.8, 4) is 0 Å². The average molecular weight is 547 g/mol. The lowest BCUT2D eigenvalue weighted by molar-refractivity contribution is -0.138. The fourth-order valence-corrected chi connectivity index (χ4v) is 5.91. The zero-order chi connectivity index (χ0) is 27.9. The molecule has 5 rings (SSSR count). The second-order valence-electron chi connectivity index (χ2n) is 11.3. The van der Waals surface area contributed by atoms with E-state index in [1.807, 2.05) is 30.3 Å². The number of carbonyl (C=O) groups excluding carboxylic acids is 2. The van der Waals surface area contributed by atoms with Gasteiger partial charge in [0.2, 0.25) is 11.8 Å². The molecule has 3 atom stereocenters. The van der Waals surface area contributed by atoms with Gasteiger partial charge in [-0.3, -0.25) is 9.59 Å². The van der Waals surface area contributed by atoms with Crippen molar-refractivity contribution in [2.75, 3.05) is 33.4 Å². The fourth-order valence-electron chi connectivity index (χ4n) is 5.91. The normalized spacial score (nSPS) is 19.9. The van der Waals surface area contributed by atoms with Gasteiger partial charge >= 0.3 is 0 Å². The number of amides is 2. The molecule has 1 saturated carbocycles. The molecule has 8 heteroatoms. The molecule has 8 nitrogen and oxygen atoms in total. The van der Waals surface area contributed by atoms with Crippen LogP contribution in [0.1, 0.15) is 36.8 Å². The van der Waals surface area contributed by atoms with Gasteiger partial charge in [-0.25, -0.2) is 0 Å². The second kappa shape index (κ2) is 13.4. The standard InChI is InChI=1S/C32H42N4O4/c1-40-15-7-14-35-20-26(29-10-5-6-11-30(29)35)21-36(28-12-13-28)32(39)25-17-24(18-33-19-25)31(38)34-27(22-37)16-23-8-3-2-4-9-23/h2-6,8-11,20,24-25,27-28,33,37H,7,12-19,21-22H2,1H3,(H,34,38)/t24-,25+,27?/m0/s1. The molecule has 1 aliphatic carbocycles. The number of hydrogen-bond donors (Lipinski definition) is 3. The van der Waals surface area contributed by atoms with Crippen molar-refractivity contribution >= 4 is 22.7 Å². The van der Waals surface area contributed by atoms with Crippen molar-refractivity contribution in [2.24, 2.45) is 11.8 Å². The first-order chi connectivity index (χ1) is 19.6. The van der Waals surface area contributed by atoms with Crippen LogP contribution in [0.5, 0.6) is 0 Å². The van der Waals surface area contributed by atoms with Crippen LogP contribution < -0.4 is 10.6 Å². The quantitative estimate of drug-likeness (QED) is 0.287. The maximum absolute atomic E-state index is 13.9. The van der Waals surface area contributed by atoms with Gasteiger partial charge in [0.25, 0.3) is 0 Å². The fraction of sp³-hybridized carbons (Fsp3) is 0.500. The van der Waals surface area contributed by atoms with Crippen LogP contribution in [0.3, 0.4) is 0 Å². The SMILES string of the molecule is COCCCn1cc(CN(C(=O)[C@H]2CNC[C@@H](C(=O)NC(CO)Cc3ccccc3)C2)C2CC2)c2ccccc21. The van der Waals surface area contributed by atoms with Crippen LogP contribution in [0.4, 0.5) is 0 Å². The number of ether oxygens (including phenoxy) is 1. The van der Waals surface area contributed by atoms with E-state index < -0.39 is 0 Å². The number of benzene rings is 2. The molecule has 2 amide bonds. The molecule has 40 heavy (non-hydrogen) atoms. The molecule has 1 aliphatic heterocycles. The maximum Gasteiger partial charge on any atom is 0.227 e. The van der Waals surface area contributed by atoms with Gasteiger partial charge in [-0.05, 0) is 49.3 Å². The molecular formula is C32H42N4O4. The van der Waals surface area contributed by atoms with Crippen LogP contribution in [0.15, 0.2) is 60.8 Å². The van der Waals surface area contributed by atoms with Crippen molar-refractivity contribution < 1.29 is 19.4 Å². The van der Waals surface area contributed by atoms with E-state index in [9.17, 15) is 14.7 Å². The number of carbonyl (C=O) groups is 2. The molecule has 2 heterocycles. The number of aryl methyl sites for hydroxylation is 1. The van der Waals surface area contributed by atoms with Crippen molar-refractivity contribution in [3.05, 3.63) is 71.9 Å². The van der Waals surface area contributed by atoms with Gasteiger partial charge in [0, 0.05) is 63.0 Å². The number of hydrogen-bond acceptors (Lipinski definition) is 5. The van der Waals surface area contributed by atoms with E-state index in [1.54, 1.807) is 7.11 Å². The highest BCUT2D eigenvalue weighted by atomic mass is 16.5. The zero-order valence-electron chi connectivity index (χ0n) is 23.4. The summed E-state index contributed by atoms with van der Waals surface area (Å²) in [6, 6.07) is 18.2. The van der Waals surface area contributed by atoms with E-state index in [0.29, 0.717) is 39.1 Å². The lowest BCUT2D eigenvalue weighted by Gasteiger charge is -2.33. The molecule has 3 N–H and O–H groups in total. The summed E-state index contributed by atoms with van der Waals surface area (Å²) in [6.07, 6.45) is 6.27. The molecule has 0 bridgehead atoms. The van der Waals surface area contributed by atoms with Crippen LogP contribution in [-0.2, 0) is 33.8 Å². The van der Waals surface area contributed by atoms with Gasteiger partial charge in [0.1, 0.15) is 0 Å². The summed E-state index contributed by atoms with van der Waals surface area (Å²) in [5.41, 5.74) is 3.41. The Labute approximate surface area is 236 Å². The summed E-state index contributed by atoms with van der Waals surface area (Å²) < 4.78 is 7.52. The molecule has 2 aliphatic rings. The number of nitrogens with zero attached hydrogens (tertiary/aromatic N) is 2. The van der Waals surface area contributed by atoms with Crippen molar-refractivity contribution in [1.29, 1.82) is 0 Å². The van der Waals surface area contributed by atoms with Crippen molar-refractivity contribution in [3.63, 3.8) is 0 Å². The number of nitrogens with one attached hydrogen (secondary N) is 2. The highest BCUT2D eigenvalue weighted by Gasteiger charge is 2.39. The minimum Gasteiger partial charge on any atom is -0.394 e.